The summed E-state index contributed by atoms with van der Waals surface area (Å²) >= 11 is 1.76. The maximum atomic E-state index is 12.1. The number of rotatable bonds is 7. The molecule has 0 bridgehead atoms. The Morgan fingerprint density at radius 1 is 1.29 bits per heavy atom. The molecule has 0 radical (unpaired) electrons. The predicted molar refractivity (Wildman–Crippen MR) is 97.6 cm³/mol. The van der Waals surface area contributed by atoms with Gasteiger partial charge >= 0.3 is 0 Å². The van der Waals surface area contributed by atoms with Crippen molar-refractivity contribution in [1.29, 1.82) is 0 Å². The predicted octanol–water partition coefficient (Wildman–Crippen LogP) is 3.39. The summed E-state index contributed by atoms with van der Waals surface area (Å²) in [6, 6.07) is 12.3. The van der Waals surface area contributed by atoms with Gasteiger partial charge < -0.3 is 10.1 Å². The fraction of sp³-hybridized carbons (Fsp3) is 0.421. The van der Waals surface area contributed by atoms with Crippen molar-refractivity contribution in [2.24, 2.45) is 0 Å². The number of nitrogens with one attached hydrogen (secondary N) is 1. The first-order valence-electron chi connectivity index (χ1n) is 8.46. The van der Waals surface area contributed by atoms with Gasteiger partial charge in [-0.15, -0.1) is 11.3 Å². The highest BCUT2D eigenvalue weighted by molar-refractivity contribution is 7.10. The van der Waals surface area contributed by atoms with Crippen molar-refractivity contribution in [1.82, 2.24) is 10.2 Å². The van der Waals surface area contributed by atoms with Crippen molar-refractivity contribution in [2.75, 3.05) is 26.2 Å². The SMILES string of the molecule is Cc1cccc(OCC(=O)NCC(c2cccs2)N2CCCC2)c1. The molecule has 1 atom stereocenters. The number of hydrogen-bond donors (Lipinski definition) is 1. The Balaban J connectivity index is 1.51. The van der Waals surface area contributed by atoms with Crippen LogP contribution in [0.25, 0.3) is 0 Å². The van der Waals surface area contributed by atoms with Crippen molar-refractivity contribution in [3.63, 3.8) is 0 Å². The number of aryl methyl sites for hydroxylation is 1. The Kier molecular flexibility index (Phi) is 5.88. The van der Waals surface area contributed by atoms with Gasteiger partial charge in [-0.2, -0.15) is 0 Å². The van der Waals surface area contributed by atoms with Gasteiger partial charge in [-0.25, -0.2) is 0 Å². The Morgan fingerprint density at radius 3 is 2.83 bits per heavy atom. The third-order valence-electron chi connectivity index (χ3n) is 4.31. The monoisotopic (exact) mass is 344 g/mol. The van der Waals surface area contributed by atoms with E-state index in [0.29, 0.717) is 6.54 Å². The molecule has 1 N–H and O–H groups in total. The Morgan fingerprint density at radius 2 is 2.12 bits per heavy atom. The lowest BCUT2D eigenvalue weighted by atomic mass is 10.2. The van der Waals surface area contributed by atoms with Gasteiger partial charge in [0.2, 0.25) is 0 Å². The summed E-state index contributed by atoms with van der Waals surface area (Å²) in [5.74, 6) is 0.664. The van der Waals surface area contributed by atoms with Crippen molar-refractivity contribution >= 4 is 17.2 Å². The third-order valence-corrected chi connectivity index (χ3v) is 5.28. The van der Waals surface area contributed by atoms with E-state index in [0.717, 1.165) is 24.4 Å². The molecule has 1 aromatic heterocycles. The second kappa shape index (κ2) is 8.31. The normalized spacial score (nSPS) is 16.0. The molecule has 1 saturated heterocycles. The zero-order chi connectivity index (χ0) is 16.8. The first kappa shape index (κ1) is 17.0. The van der Waals surface area contributed by atoms with Crippen LogP contribution >= 0.6 is 11.3 Å². The summed E-state index contributed by atoms with van der Waals surface area (Å²) in [6.45, 7) is 4.92. The lowest BCUT2D eigenvalue weighted by Crippen LogP contribution is -2.38. The van der Waals surface area contributed by atoms with Crippen LogP contribution in [0, 0.1) is 6.92 Å². The van der Waals surface area contributed by atoms with E-state index in [9.17, 15) is 4.79 Å². The summed E-state index contributed by atoms with van der Waals surface area (Å²) in [7, 11) is 0. The summed E-state index contributed by atoms with van der Waals surface area (Å²) in [6.07, 6.45) is 2.48. The highest BCUT2D eigenvalue weighted by Gasteiger charge is 2.24. The summed E-state index contributed by atoms with van der Waals surface area (Å²) in [4.78, 5) is 15.9. The molecule has 1 unspecified atom stereocenters. The maximum Gasteiger partial charge on any atom is 0.258 e. The van der Waals surface area contributed by atoms with Crippen LogP contribution in [-0.4, -0.2) is 37.0 Å². The number of nitrogens with zero attached hydrogens (tertiary/aromatic N) is 1. The second-order valence-electron chi connectivity index (χ2n) is 6.18. The summed E-state index contributed by atoms with van der Waals surface area (Å²) in [5.41, 5.74) is 1.12. The highest BCUT2D eigenvalue weighted by Crippen LogP contribution is 2.27. The van der Waals surface area contributed by atoms with E-state index in [1.165, 1.54) is 17.7 Å². The molecule has 2 aromatic rings. The smallest absolute Gasteiger partial charge is 0.258 e. The molecule has 1 amide bonds. The Bertz CT molecular complexity index is 651. The van der Waals surface area contributed by atoms with Crippen LogP contribution in [0.5, 0.6) is 5.75 Å². The van der Waals surface area contributed by atoms with Gasteiger partial charge in [0.25, 0.3) is 5.91 Å². The Labute approximate surface area is 147 Å². The molecular weight excluding hydrogens is 320 g/mol. The molecule has 2 heterocycles. The lowest BCUT2D eigenvalue weighted by Gasteiger charge is -2.26. The van der Waals surface area contributed by atoms with E-state index >= 15 is 0 Å². The minimum absolute atomic E-state index is 0.0562. The molecule has 24 heavy (non-hydrogen) atoms. The van der Waals surface area contributed by atoms with Crippen LogP contribution in [0.3, 0.4) is 0 Å². The van der Waals surface area contributed by atoms with E-state index in [1.54, 1.807) is 11.3 Å². The zero-order valence-corrected chi connectivity index (χ0v) is 14.8. The van der Waals surface area contributed by atoms with Crippen LogP contribution in [0.2, 0.25) is 0 Å². The Hall–Kier alpha value is -1.85. The molecule has 1 aromatic carbocycles. The van der Waals surface area contributed by atoms with Crippen molar-refractivity contribution < 1.29 is 9.53 Å². The standard InChI is InChI=1S/C19H24N2O2S/c1-15-6-4-7-16(12-15)23-14-19(22)20-13-17(18-8-5-11-24-18)21-9-2-3-10-21/h4-8,11-12,17H,2-3,9-10,13-14H2,1H3,(H,20,22). The van der Waals surface area contributed by atoms with Gasteiger partial charge in [0, 0.05) is 11.4 Å². The van der Waals surface area contributed by atoms with E-state index in [4.69, 9.17) is 4.74 Å². The van der Waals surface area contributed by atoms with Crippen molar-refractivity contribution in [2.45, 2.75) is 25.8 Å². The van der Waals surface area contributed by atoms with Crippen LogP contribution < -0.4 is 10.1 Å². The first-order chi connectivity index (χ1) is 11.7. The minimum Gasteiger partial charge on any atom is -0.484 e. The van der Waals surface area contributed by atoms with Crippen LogP contribution in [-0.2, 0) is 4.79 Å². The zero-order valence-electron chi connectivity index (χ0n) is 14.0. The van der Waals surface area contributed by atoms with E-state index in [2.05, 4.69) is 27.7 Å². The van der Waals surface area contributed by atoms with Crippen molar-refractivity contribution in [3.8, 4) is 5.75 Å². The molecule has 5 heteroatoms. The maximum absolute atomic E-state index is 12.1. The quantitative estimate of drug-likeness (QED) is 0.837. The molecule has 1 fully saturated rings. The topological polar surface area (TPSA) is 41.6 Å². The molecule has 4 nitrogen and oxygen atoms in total. The fourth-order valence-corrected chi connectivity index (χ4v) is 3.92. The van der Waals surface area contributed by atoms with Crippen LogP contribution in [0.15, 0.2) is 41.8 Å². The third kappa shape index (κ3) is 4.58. The van der Waals surface area contributed by atoms with Gasteiger partial charge in [-0.05, 0) is 62.0 Å². The number of carbonyl (C=O) groups excluding carboxylic acids is 1. The largest absolute Gasteiger partial charge is 0.484 e. The minimum atomic E-state index is -0.0720. The highest BCUT2D eigenvalue weighted by atomic mass is 32.1. The summed E-state index contributed by atoms with van der Waals surface area (Å²) < 4.78 is 5.57. The van der Waals surface area contributed by atoms with Gasteiger partial charge in [0.1, 0.15) is 5.75 Å². The average molecular weight is 344 g/mol. The molecule has 128 valence electrons. The van der Waals surface area contributed by atoms with E-state index in [-0.39, 0.29) is 18.6 Å². The number of benzene rings is 1. The molecular formula is C19H24N2O2S. The van der Waals surface area contributed by atoms with Crippen LogP contribution in [0.1, 0.15) is 29.3 Å². The summed E-state index contributed by atoms with van der Waals surface area (Å²) in [5, 5.41) is 5.13. The molecule has 0 saturated carbocycles. The molecule has 1 aliphatic heterocycles. The van der Waals surface area contributed by atoms with Gasteiger partial charge in [-0.3, -0.25) is 9.69 Å². The molecule has 0 aliphatic carbocycles. The van der Waals surface area contributed by atoms with Crippen LogP contribution in [0.4, 0.5) is 0 Å². The first-order valence-corrected chi connectivity index (χ1v) is 9.34. The van der Waals surface area contributed by atoms with Gasteiger partial charge in [0.15, 0.2) is 6.61 Å². The average Bonchev–Trinajstić information content (AvgIpc) is 3.27. The number of carbonyl (C=O) groups is 1. The van der Waals surface area contributed by atoms with Gasteiger partial charge in [-0.1, -0.05) is 18.2 Å². The lowest BCUT2D eigenvalue weighted by molar-refractivity contribution is -0.123. The number of likely N-dealkylation sites (tertiary alicyclic amines) is 1. The molecule has 1 aliphatic rings. The number of thiophene rings is 1. The number of hydrogen-bond acceptors (Lipinski definition) is 4. The van der Waals surface area contributed by atoms with Gasteiger partial charge in [0.05, 0.1) is 6.04 Å². The van der Waals surface area contributed by atoms with E-state index in [1.807, 2.05) is 31.2 Å². The number of amides is 1. The molecule has 3 rings (SSSR count). The molecule has 0 spiro atoms. The fourth-order valence-electron chi connectivity index (χ4n) is 3.06. The number of ether oxygens (including phenoxy) is 1. The van der Waals surface area contributed by atoms with E-state index < -0.39 is 0 Å². The van der Waals surface area contributed by atoms with Crippen molar-refractivity contribution in [3.05, 3.63) is 52.2 Å². The second-order valence-corrected chi connectivity index (χ2v) is 7.16.